The molecule has 0 fully saturated rings. The van der Waals surface area contributed by atoms with Crippen molar-refractivity contribution in [2.24, 2.45) is 0 Å². The van der Waals surface area contributed by atoms with Crippen LogP contribution < -0.4 is 4.90 Å². The van der Waals surface area contributed by atoms with E-state index in [1.54, 1.807) is 0 Å². The van der Waals surface area contributed by atoms with E-state index in [9.17, 15) is 0 Å². The van der Waals surface area contributed by atoms with Crippen molar-refractivity contribution in [2.75, 3.05) is 4.90 Å². The fraction of sp³-hybridized carbons (Fsp3) is 0. The molecular weight excluding hydrogens is 518 g/mol. The summed E-state index contributed by atoms with van der Waals surface area (Å²) in [4.78, 5) is 2.44. The van der Waals surface area contributed by atoms with Crippen molar-refractivity contribution in [3.05, 3.63) is 152 Å². The molecular formula is C42H25N. The lowest BCUT2D eigenvalue weighted by molar-refractivity contribution is 1.30. The Morgan fingerprint density at radius 1 is 0.302 bits per heavy atom. The Morgan fingerprint density at radius 2 is 0.977 bits per heavy atom. The van der Waals surface area contributed by atoms with Crippen LogP contribution in [0.3, 0.4) is 0 Å². The molecule has 1 heteroatoms. The zero-order valence-electron chi connectivity index (χ0n) is 23.4. The summed E-state index contributed by atoms with van der Waals surface area (Å²) >= 11 is 0. The van der Waals surface area contributed by atoms with Gasteiger partial charge in [0, 0.05) is 16.8 Å². The van der Waals surface area contributed by atoms with E-state index in [1.165, 1.54) is 81.8 Å². The van der Waals surface area contributed by atoms with Gasteiger partial charge >= 0.3 is 0 Å². The Kier molecular flexibility index (Phi) is 4.51. The number of anilines is 3. The molecule has 0 radical (unpaired) electrons. The van der Waals surface area contributed by atoms with Crippen molar-refractivity contribution < 1.29 is 0 Å². The first-order valence-electron chi connectivity index (χ1n) is 14.9. The predicted molar refractivity (Wildman–Crippen MR) is 184 cm³/mol. The number of fused-ring (bicyclic) bond motifs is 6. The van der Waals surface area contributed by atoms with Gasteiger partial charge in [0.05, 0.1) is 5.69 Å². The first kappa shape index (κ1) is 23.0. The summed E-state index contributed by atoms with van der Waals surface area (Å²) in [6, 6.07) is 56.0. The van der Waals surface area contributed by atoms with Gasteiger partial charge in [-0.2, -0.15) is 0 Å². The van der Waals surface area contributed by atoms with Crippen molar-refractivity contribution in [3.8, 4) is 22.3 Å². The molecule has 9 aromatic carbocycles. The summed E-state index contributed by atoms with van der Waals surface area (Å²) in [6.45, 7) is 0. The van der Waals surface area contributed by atoms with Gasteiger partial charge in [0.1, 0.15) is 0 Å². The molecule has 0 aromatic heterocycles. The molecule has 0 aliphatic heterocycles. The van der Waals surface area contributed by atoms with Crippen LogP contribution in [-0.2, 0) is 0 Å². The molecule has 0 atom stereocenters. The molecule has 1 nitrogen and oxygen atoms in total. The second kappa shape index (κ2) is 8.44. The van der Waals surface area contributed by atoms with Crippen LogP contribution in [0.25, 0.3) is 76.1 Å². The smallest absolute Gasteiger partial charge is 0.0546 e. The molecule has 10 rings (SSSR count). The second-order valence-electron chi connectivity index (χ2n) is 11.7. The van der Waals surface area contributed by atoms with Crippen molar-refractivity contribution in [1.82, 2.24) is 0 Å². The zero-order valence-corrected chi connectivity index (χ0v) is 23.4. The number of hydrogen-bond acceptors (Lipinski definition) is 1. The minimum absolute atomic E-state index is 1.15. The fourth-order valence-corrected chi connectivity index (χ4v) is 7.64. The quantitative estimate of drug-likeness (QED) is 0.200. The van der Waals surface area contributed by atoms with Crippen LogP contribution >= 0.6 is 0 Å². The van der Waals surface area contributed by atoms with E-state index < -0.39 is 0 Å². The molecule has 0 heterocycles. The molecule has 0 unspecified atom stereocenters. The van der Waals surface area contributed by atoms with Crippen molar-refractivity contribution in [2.45, 2.75) is 0 Å². The summed E-state index contributed by atoms with van der Waals surface area (Å²) in [7, 11) is 0. The highest BCUT2D eigenvalue weighted by Crippen LogP contribution is 2.53. The maximum absolute atomic E-state index is 2.44. The molecule has 0 amide bonds. The highest BCUT2D eigenvalue weighted by molar-refractivity contribution is 6.32. The summed E-state index contributed by atoms with van der Waals surface area (Å²) in [5.74, 6) is 0. The number of rotatable bonds is 3. The number of benzene rings is 9. The van der Waals surface area contributed by atoms with E-state index in [0.29, 0.717) is 0 Å². The maximum Gasteiger partial charge on any atom is 0.0546 e. The van der Waals surface area contributed by atoms with Gasteiger partial charge in [-0.15, -0.1) is 0 Å². The van der Waals surface area contributed by atoms with Crippen LogP contribution in [0.15, 0.2) is 152 Å². The third-order valence-electron chi connectivity index (χ3n) is 9.47. The minimum Gasteiger partial charge on any atom is -0.310 e. The van der Waals surface area contributed by atoms with Gasteiger partial charge in [-0.05, 0) is 107 Å². The molecule has 43 heavy (non-hydrogen) atoms. The third kappa shape index (κ3) is 3.11. The monoisotopic (exact) mass is 543 g/mol. The van der Waals surface area contributed by atoms with Gasteiger partial charge in [-0.3, -0.25) is 0 Å². The topological polar surface area (TPSA) is 3.24 Å². The van der Waals surface area contributed by atoms with E-state index in [0.717, 1.165) is 11.4 Å². The van der Waals surface area contributed by atoms with Crippen molar-refractivity contribution in [3.63, 3.8) is 0 Å². The Morgan fingerprint density at radius 3 is 1.86 bits per heavy atom. The Hall–Kier alpha value is -5.66. The molecule has 1 aliphatic rings. The Labute approximate surface area is 249 Å². The summed E-state index contributed by atoms with van der Waals surface area (Å²) < 4.78 is 0. The summed E-state index contributed by atoms with van der Waals surface area (Å²) in [5.41, 5.74) is 8.78. The van der Waals surface area contributed by atoms with Crippen LogP contribution in [0.1, 0.15) is 0 Å². The first-order chi connectivity index (χ1) is 21.3. The first-order valence-corrected chi connectivity index (χ1v) is 14.9. The summed E-state index contributed by atoms with van der Waals surface area (Å²) in [5, 5.41) is 13.1. The zero-order chi connectivity index (χ0) is 28.1. The second-order valence-corrected chi connectivity index (χ2v) is 11.7. The SMILES string of the molecule is c1ccc(N(c2ccc3c(c2)-c2cc4cccc5ccc6ccc-3c2c6c54)c2cc3ccccc3c3ccccc23)cc1. The van der Waals surface area contributed by atoms with Crippen LogP contribution in [0.2, 0.25) is 0 Å². The van der Waals surface area contributed by atoms with Crippen molar-refractivity contribution >= 4 is 70.9 Å². The van der Waals surface area contributed by atoms with Crippen molar-refractivity contribution in [1.29, 1.82) is 0 Å². The summed E-state index contributed by atoms with van der Waals surface area (Å²) in [6.07, 6.45) is 0. The lowest BCUT2D eigenvalue weighted by Gasteiger charge is -2.28. The molecule has 0 saturated carbocycles. The average Bonchev–Trinajstić information content (AvgIpc) is 3.39. The highest BCUT2D eigenvalue weighted by atomic mass is 15.1. The molecule has 0 bridgehead atoms. The van der Waals surface area contributed by atoms with E-state index in [1.807, 2.05) is 0 Å². The van der Waals surface area contributed by atoms with E-state index in [-0.39, 0.29) is 0 Å². The van der Waals surface area contributed by atoms with Gasteiger partial charge in [0.15, 0.2) is 0 Å². The predicted octanol–water partition coefficient (Wildman–Crippen LogP) is 12.0. The third-order valence-corrected chi connectivity index (χ3v) is 9.47. The lowest BCUT2D eigenvalue weighted by Crippen LogP contribution is -2.10. The van der Waals surface area contributed by atoms with Gasteiger partial charge in [-0.25, -0.2) is 0 Å². The van der Waals surface area contributed by atoms with Gasteiger partial charge in [0.2, 0.25) is 0 Å². The van der Waals surface area contributed by atoms with Crippen LogP contribution in [0.4, 0.5) is 17.1 Å². The minimum atomic E-state index is 1.15. The maximum atomic E-state index is 2.44. The number of hydrogen-bond donors (Lipinski definition) is 0. The average molecular weight is 544 g/mol. The van der Waals surface area contributed by atoms with Gasteiger partial charge in [-0.1, -0.05) is 115 Å². The normalized spacial score (nSPS) is 12.2. The van der Waals surface area contributed by atoms with Gasteiger partial charge in [0.25, 0.3) is 0 Å². The molecule has 0 saturated heterocycles. The van der Waals surface area contributed by atoms with Crippen LogP contribution in [-0.4, -0.2) is 0 Å². The fourth-order valence-electron chi connectivity index (χ4n) is 7.64. The molecule has 0 N–H and O–H groups in total. The lowest BCUT2D eigenvalue weighted by atomic mass is 9.91. The number of nitrogens with zero attached hydrogens (tertiary/aromatic N) is 1. The largest absolute Gasteiger partial charge is 0.310 e. The molecule has 198 valence electrons. The van der Waals surface area contributed by atoms with Crippen LogP contribution in [0, 0.1) is 0 Å². The number of para-hydroxylation sites is 1. The molecule has 1 aliphatic carbocycles. The standard InChI is InChI=1S/C42H25N/c1-2-12-30(13-3-1)43(39-24-28-9-4-5-14-32(28)33-15-6-7-16-35(33)39)31-20-22-34-36-21-19-27-18-17-26-10-8-11-29-23-38(37(34)25-31)42(36)41(27)40(26)29/h1-25H. The molecule has 0 spiro atoms. The van der Waals surface area contributed by atoms with E-state index in [4.69, 9.17) is 0 Å². The van der Waals surface area contributed by atoms with E-state index >= 15 is 0 Å². The Bertz CT molecular complexity index is 2560. The highest BCUT2D eigenvalue weighted by Gasteiger charge is 2.26. The van der Waals surface area contributed by atoms with E-state index in [2.05, 4.69) is 157 Å². The molecule has 9 aromatic rings. The van der Waals surface area contributed by atoms with Crippen LogP contribution in [0.5, 0.6) is 0 Å². The Balaban J connectivity index is 1.27. The van der Waals surface area contributed by atoms with Gasteiger partial charge < -0.3 is 4.90 Å².